The van der Waals surface area contributed by atoms with E-state index in [1.54, 1.807) is 30.3 Å². The van der Waals surface area contributed by atoms with Gasteiger partial charge in [-0.15, -0.1) is 0 Å². The molecule has 2 N–H and O–H groups in total. The quantitative estimate of drug-likeness (QED) is 0.555. The van der Waals surface area contributed by atoms with Gasteiger partial charge in [0.15, 0.2) is 11.6 Å². The van der Waals surface area contributed by atoms with Crippen molar-refractivity contribution in [3.8, 4) is 0 Å². The molecule has 2 aromatic carbocycles. The van der Waals surface area contributed by atoms with E-state index < -0.39 is 10.0 Å². The Hall–Kier alpha value is -2.93. The number of Topliss-reactive ketones (excluding diaryl/α,β-unsaturated/α-hetero) is 2. The van der Waals surface area contributed by atoms with Crippen LogP contribution in [0.25, 0.3) is 10.9 Å². The van der Waals surface area contributed by atoms with Crippen LogP contribution in [-0.2, 0) is 22.9 Å². The lowest BCUT2D eigenvalue weighted by Gasteiger charge is -2.28. The van der Waals surface area contributed by atoms with Crippen LogP contribution in [0.1, 0.15) is 66.1 Å². The van der Waals surface area contributed by atoms with Crippen LogP contribution in [0.15, 0.2) is 41.3 Å². The van der Waals surface area contributed by atoms with Gasteiger partial charge in [0.2, 0.25) is 0 Å². The maximum Gasteiger partial charge on any atom is 0.262 e. The Morgan fingerprint density at radius 3 is 2.42 bits per heavy atom. The molecule has 0 saturated carbocycles. The minimum atomic E-state index is -3.86. The van der Waals surface area contributed by atoms with Crippen molar-refractivity contribution in [1.82, 2.24) is 4.98 Å². The van der Waals surface area contributed by atoms with Crippen LogP contribution in [0.4, 0.5) is 5.69 Å². The van der Waals surface area contributed by atoms with Gasteiger partial charge in [0.05, 0.1) is 4.90 Å². The van der Waals surface area contributed by atoms with Gasteiger partial charge in [-0.2, -0.15) is 0 Å². The maximum absolute atomic E-state index is 13.2. The van der Waals surface area contributed by atoms with Crippen molar-refractivity contribution < 1.29 is 18.0 Å². The summed E-state index contributed by atoms with van der Waals surface area (Å²) >= 11 is 0. The number of aromatic nitrogens is 1. The number of H-pyrrole nitrogens is 1. The van der Waals surface area contributed by atoms with Crippen molar-refractivity contribution in [2.75, 3.05) is 4.72 Å². The van der Waals surface area contributed by atoms with E-state index in [0.717, 1.165) is 17.5 Å². The van der Waals surface area contributed by atoms with Crippen LogP contribution in [0.2, 0.25) is 0 Å². The van der Waals surface area contributed by atoms with Crippen LogP contribution in [0.5, 0.6) is 0 Å². The normalized spacial score (nSPS) is 15.7. The molecule has 162 valence electrons. The zero-order valence-corrected chi connectivity index (χ0v) is 18.9. The number of carbonyl (C=O) groups is 2. The Morgan fingerprint density at radius 1 is 1.13 bits per heavy atom. The molecule has 1 aliphatic carbocycles. The van der Waals surface area contributed by atoms with E-state index in [0.29, 0.717) is 40.7 Å². The first-order valence-corrected chi connectivity index (χ1v) is 11.8. The van der Waals surface area contributed by atoms with Gasteiger partial charge in [0, 0.05) is 39.8 Å². The fraction of sp³-hybridized carbons (Fsp3) is 0.333. The molecule has 0 bridgehead atoms. The summed E-state index contributed by atoms with van der Waals surface area (Å²) in [6, 6.07) is 9.79. The number of carbonyl (C=O) groups excluding carboxylic acids is 2. The molecule has 0 aliphatic heterocycles. The molecule has 7 heteroatoms. The summed E-state index contributed by atoms with van der Waals surface area (Å²) in [7, 11) is -3.86. The highest BCUT2D eigenvalue weighted by Crippen LogP contribution is 2.39. The Kier molecular flexibility index (Phi) is 5.04. The number of rotatable bonds is 5. The Labute approximate surface area is 182 Å². The van der Waals surface area contributed by atoms with Crippen LogP contribution < -0.4 is 4.72 Å². The average Bonchev–Trinajstić information content (AvgIpc) is 3.03. The van der Waals surface area contributed by atoms with Crippen molar-refractivity contribution in [2.24, 2.45) is 5.41 Å². The average molecular weight is 439 g/mol. The number of sulfonamides is 1. The number of ketones is 2. The predicted octanol–water partition coefficient (Wildman–Crippen LogP) is 4.89. The zero-order valence-electron chi connectivity index (χ0n) is 18.1. The number of aryl methyl sites for hydroxylation is 1. The summed E-state index contributed by atoms with van der Waals surface area (Å²) in [6.07, 6.45) is 1.73. The van der Waals surface area contributed by atoms with Gasteiger partial charge < -0.3 is 4.98 Å². The minimum absolute atomic E-state index is 0.0819. The van der Waals surface area contributed by atoms with Crippen molar-refractivity contribution >= 4 is 38.2 Å². The maximum atomic E-state index is 13.2. The van der Waals surface area contributed by atoms with E-state index >= 15 is 0 Å². The second kappa shape index (κ2) is 7.34. The van der Waals surface area contributed by atoms with Gasteiger partial charge in [0.25, 0.3) is 10.0 Å². The highest BCUT2D eigenvalue weighted by Gasteiger charge is 2.34. The number of hydrogen-bond acceptors (Lipinski definition) is 4. The summed E-state index contributed by atoms with van der Waals surface area (Å²) in [6.45, 7) is 7.48. The summed E-state index contributed by atoms with van der Waals surface area (Å²) < 4.78 is 29.0. The molecule has 0 amide bonds. The summed E-state index contributed by atoms with van der Waals surface area (Å²) in [5, 5.41) is 0.789. The van der Waals surface area contributed by atoms with Gasteiger partial charge in [0.1, 0.15) is 0 Å². The minimum Gasteiger partial charge on any atom is -0.358 e. The Bertz CT molecular complexity index is 1320. The van der Waals surface area contributed by atoms with E-state index in [1.165, 1.54) is 6.92 Å². The molecular weight excluding hydrogens is 412 g/mol. The number of benzene rings is 2. The van der Waals surface area contributed by atoms with Crippen molar-refractivity contribution in [2.45, 2.75) is 51.9 Å². The topological polar surface area (TPSA) is 96.1 Å². The first-order valence-electron chi connectivity index (χ1n) is 10.4. The molecule has 1 aliphatic rings. The molecule has 6 nitrogen and oxygen atoms in total. The lowest BCUT2D eigenvalue weighted by Crippen LogP contribution is -2.26. The van der Waals surface area contributed by atoms with Gasteiger partial charge in [-0.25, -0.2) is 8.42 Å². The lowest BCUT2D eigenvalue weighted by molar-refractivity contribution is 0.0912. The van der Waals surface area contributed by atoms with Crippen LogP contribution in [-0.4, -0.2) is 25.0 Å². The standard InChI is InChI=1S/C24H26N2O4S/c1-5-15-10-18-19(25-20-12-24(3,4)13-21(28)23(18)20)11-22(15)31(29,30)26-17-8-6-16(7-9-17)14(2)27/h6-11,25-26H,5,12-13H2,1-4H3. The molecule has 31 heavy (non-hydrogen) atoms. The number of anilines is 1. The molecule has 1 aromatic heterocycles. The predicted molar refractivity (Wildman–Crippen MR) is 121 cm³/mol. The molecule has 0 unspecified atom stereocenters. The zero-order chi connectivity index (χ0) is 22.6. The van der Waals surface area contributed by atoms with Crippen molar-refractivity contribution in [3.05, 3.63) is 58.8 Å². The van der Waals surface area contributed by atoms with E-state index in [-0.39, 0.29) is 21.9 Å². The molecule has 3 aromatic rings. The third kappa shape index (κ3) is 3.90. The molecule has 4 rings (SSSR count). The largest absolute Gasteiger partial charge is 0.358 e. The molecule has 0 saturated heterocycles. The fourth-order valence-electron chi connectivity index (χ4n) is 4.35. The Balaban J connectivity index is 1.78. The van der Waals surface area contributed by atoms with Gasteiger partial charge >= 0.3 is 0 Å². The van der Waals surface area contributed by atoms with E-state index in [2.05, 4.69) is 23.6 Å². The highest BCUT2D eigenvalue weighted by atomic mass is 32.2. The SMILES string of the molecule is CCc1cc2c3c([nH]c2cc1S(=O)(=O)Nc1ccc(C(C)=O)cc1)CC(C)(C)CC3=O. The van der Waals surface area contributed by atoms with Gasteiger partial charge in [-0.05, 0) is 67.1 Å². The molecular formula is C24H26N2O4S. The van der Waals surface area contributed by atoms with E-state index in [1.807, 2.05) is 13.0 Å². The molecule has 1 heterocycles. The first-order chi connectivity index (χ1) is 14.5. The second-order valence-electron chi connectivity index (χ2n) is 9.02. The number of fused-ring (bicyclic) bond motifs is 3. The van der Waals surface area contributed by atoms with Crippen LogP contribution in [0, 0.1) is 5.41 Å². The van der Waals surface area contributed by atoms with E-state index in [4.69, 9.17) is 0 Å². The first kappa shape index (κ1) is 21.3. The second-order valence-corrected chi connectivity index (χ2v) is 10.7. The third-order valence-electron chi connectivity index (χ3n) is 5.84. The number of aromatic amines is 1. The lowest BCUT2D eigenvalue weighted by atomic mass is 9.76. The summed E-state index contributed by atoms with van der Waals surface area (Å²) in [5.41, 5.74) is 3.65. The number of nitrogens with one attached hydrogen (secondary N) is 2. The van der Waals surface area contributed by atoms with Gasteiger partial charge in [-0.3, -0.25) is 14.3 Å². The van der Waals surface area contributed by atoms with E-state index in [9.17, 15) is 18.0 Å². The molecule has 0 atom stereocenters. The van der Waals surface area contributed by atoms with Crippen molar-refractivity contribution in [3.63, 3.8) is 0 Å². The van der Waals surface area contributed by atoms with Crippen LogP contribution in [0.3, 0.4) is 0 Å². The van der Waals surface area contributed by atoms with Gasteiger partial charge in [-0.1, -0.05) is 20.8 Å². The fourth-order valence-corrected chi connectivity index (χ4v) is 5.73. The molecule has 0 spiro atoms. The third-order valence-corrected chi connectivity index (χ3v) is 7.31. The molecule has 0 radical (unpaired) electrons. The van der Waals surface area contributed by atoms with Crippen molar-refractivity contribution in [1.29, 1.82) is 0 Å². The van der Waals surface area contributed by atoms with Crippen LogP contribution >= 0.6 is 0 Å². The summed E-state index contributed by atoms with van der Waals surface area (Å²) in [4.78, 5) is 27.7. The summed E-state index contributed by atoms with van der Waals surface area (Å²) in [5.74, 6) is 0.0143. The monoisotopic (exact) mass is 438 g/mol. The Morgan fingerprint density at radius 2 is 1.81 bits per heavy atom. The molecule has 0 fully saturated rings. The highest BCUT2D eigenvalue weighted by molar-refractivity contribution is 7.92. The smallest absolute Gasteiger partial charge is 0.262 e. The number of hydrogen-bond donors (Lipinski definition) is 2.